The highest BCUT2D eigenvalue weighted by Gasteiger charge is 2.47. The van der Waals surface area contributed by atoms with Crippen molar-refractivity contribution in [2.24, 2.45) is 0 Å². The third kappa shape index (κ3) is 5.28. The Bertz CT molecular complexity index is 301. The van der Waals surface area contributed by atoms with Crippen molar-refractivity contribution in [1.82, 2.24) is 9.80 Å². The van der Waals surface area contributed by atoms with E-state index in [9.17, 15) is 0 Å². The van der Waals surface area contributed by atoms with E-state index < -0.39 is 8.80 Å². The standard InChI is InChI=1S/C14H30N2O4Si/c1-5-18-21(12-16-8-6-15(4)7-9-16)19-13(2)10-17-11-14(3)20-21/h13-14H,5-12H2,1-4H3. The van der Waals surface area contributed by atoms with Gasteiger partial charge in [0.25, 0.3) is 0 Å². The zero-order valence-corrected chi connectivity index (χ0v) is 14.8. The topological polar surface area (TPSA) is 43.4 Å². The van der Waals surface area contributed by atoms with E-state index in [-0.39, 0.29) is 12.2 Å². The monoisotopic (exact) mass is 318 g/mol. The first kappa shape index (κ1) is 17.3. The Labute approximate surface area is 129 Å². The molecule has 0 aromatic carbocycles. The highest BCUT2D eigenvalue weighted by molar-refractivity contribution is 6.61. The van der Waals surface area contributed by atoms with Gasteiger partial charge in [0.2, 0.25) is 0 Å². The summed E-state index contributed by atoms with van der Waals surface area (Å²) in [5, 5.41) is 0. The molecule has 2 fully saturated rings. The average Bonchev–Trinajstić information content (AvgIpc) is 2.40. The van der Waals surface area contributed by atoms with Gasteiger partial charge < -0.3 is 22.9 Å². The molecule has 2 unspecified atom stereocenters. The molecule has 0 aliphatic carbocycles. The number of rotatable bonds is 4. The van der Waals surface area contributed by atoms with Crippen molar-refractivity contribution in [2.45, 2.75) is 33.0 Å². The van der Waals surface area contributed by atoms with Crippen molar-refractivity contribution in [1.29, 1.82) is 0 Å². The fourth-order valence-electron chi connectivity index (χ4n) is 2.80. The second kappa shape index (κ2) is 8.01. The Morgan fingerprint density at radius 1 is 1.05 bits per heavy atom. The Kier molecular flexibility index (Phi) is 6.61. The van der Waals surface area contributed by atoms with Crippen LogP contribution in [0, 0.1) is 0 Å². The van der Waals surface area contributed by atoms with Gasteiger partial charge in [-0.3, -0.25) is 4.90 Å². The summed E-state index contributed by atoms with van der Waals surface area (Å²) in [6, 6.07) is 0. The molecule has 6 nitrogen and oxygen atoms in total. The lowest BCUT2D eigenvalue weighted by Gasteiger charge is -2.41. The summed E-state index contributed by atoms with van der Waals surface area (Å²) < 4.78 is 24.1. The fraction of sp³-hybridized carbons (Fsp3) is 1.00. The molecule has 0 N–H and O–H groups in total. The molecule has 0 aromatic rings. The van der Waals surface area contributed by atoms with Crippen LogP contribution in [0.5, 0.6) is 0 Å². The highest BCUT2D eigenvalue weighted by atomic mass is 28.4. The van der Waals surface area contributed by atoms with Crippen molar-refractivity contribution in [2.75, 3.05) is 59.2 Å². The van der Waals surface area contributed by atoms with Crippen molar-refractivity contribution < 1.29 is 18.0 Å². The van der Waals surface area contributed by atoms with Crippen LogP contribution in [0.25, 0.3) is 0 Å². The number of likely N-dealkylation sites (N-methyl/N-ethyl adjacent to an activating group) is 1. The molecule has 21 heavy (non-hydrogen) atoms. The van der Waals surface area contributed by atoms with Gasteiger partial charge in [0.05, 0.1) is 31.6 Å². The molecule has 0 aromatic heterocycles. The van der Waals surface area contributed by atoms with Crippen LogP contribution >= 0.6 is 0 Å². The van der Waals surface area contributed by atoms with Gasteiger partial charge in [-0.05, 0) is 27.8 Å². The van der Waals surface area contributed by atoms with Gasteiger partial charge in [-0.15, -0.1) is 0 Å². The number of piperazine rings is 1. The highest BCUT2D eigenvalue weighted by Crippen LogP contribution is 2.20. The smallest absolute Gasteiger partial charge is 0.376 e. The maximum atomic E-state index is 6.23. The van der Waals surface area contributed by atoms with Gasteiger partial charge >= 0.3 is 8.80 Å². The Morgan fingerprint density at radius 3 is 2.14 bits per heavy atom. The van der Waals surface area contributed by atoms with E-state index in [0.717, 1.165) is 32.3 Å². The largest absolute Gasteiger partial charge is 0.516 e. The van der Waals surface area contributed by atoms with Gasteiger partial charge in [0.15, 0.2) is 0 Å². The summed E-state index contributed by atoms with van der Waals surface area (Å²) in [5.74, 6) is 0. The van der Waals surface area contributed by atoms with Crippen LogP contribution in [0.4, 0.5) is 0 Å². The van der Waals surface area contributed by atoms with Crippen LogP contribution in [0.1, 0.15) is 20.8 Å². The van der Waals surface area contributed by atoms with E-state index >= 15 is 0 Å². The zero-order chi connectivity index (χ0) is 15.3. The molecule has 0 bridgehead atoms. The van der Waals surface area contributed by atoms with Crippen molar-refractivity contribution in [3.8, 4) is 0 Å². The first-order valence-corrected chi connectivity index (χ1v) is 9.94. The first-order chi connectivity index (χ1) is 10.0. The van der Waals surface area contributed by atoms with Gasteiger partial charge in [0.1, 0.15) is 0 Å². The van der Waals surface area contributed by atoms with Crippen LogP contribution < -0.4 is 0 Å². The quantitative estimate of drug-likeness (QED) is 0.707. The number of nitrogens with zero attached hydrogens (tertiary/aromatic N) is 2. The maximum absolute atomic E-state index is 6.23. The van der Waals surface area contributed by atoms with Crippen molar-refractivity contribution in [3.63, 3.8) is 0 Å². The number of ether oxygens (including phenoxy) is 1. The van der Waals surface area contributed by atoms with E-state index in [1.165, 1.54) is 0 Å². The molecule has 2 rings (SSSR count). The molecule has 2 atom stereocenters. The zero-order valence-electron chi connectivity index (χ0n) is 13.8. The molecule has 0 amide bonds. The van der Waals surface area contributed by atoms with Crippen LogP contribution in [0.15, 0.2) is 0 Å². The summed E-state index contributed by atoms with van der Waals surface area (Å²) in [4.78, 5) is 4.77. The molecule has 2 aliphatic heterocycles. The van der Waals surface area contributed by atoms with Crippen molar-refractivity contribution in [3.05, 3.63) is 0 Å². The average molecular weight is 318 g/mol. The van der Waals surface area contributed by atoms with Crippen LogP contribution in [-0.2, 0) is 18.0 Å². The summed E-state index contributed by atoms with van der Waals surface area (Å²) in [5.41, 5.74) is 0. The van der Waals surface area contributed by atoms with E-state index in [2.05, 4.69) is 16.8 Å². The molecule has 2 aliphatic rings. The molecular formula is C14H30N2O4Si. The minimum absolute atomic E-state index is 0.0168. The molecule has 0 saturated carbocycles. The van der Waals surface area contributed by atoms with E-state index in [1.54, 1.807) is 0 Å². The Hall–Kier alpha value is -0.0231. The molecule has 2 saturated heterocycles. The molecule has 0 spiro atoms. The minimum atomic E-state index is -2.67. The second-order valence-corrected chi connectivity index (χ2v) is 8.53. The van der Waals surface area contributed by atoms with Crippen LogP contribution in [-0.4, -0.2) is 90.0 Å². The fourth-order valence-corrected chi connectivity index (χ4v) is 5.89. The van der Waals surface area contributed by atoms with E-state index in [4.69, 9.17) is 18.0 Å². The first-order valence-electron chi connectivity index (χ1n) is 8.01. The predicted molar refractivity (Wildman–Crippen MR) is 83.2 cm³/mol. The number of hydrogen-bond donors (Lipinski definition) is 0. The maximum Gasteiger partial charge on any atom is 0.516 e. The summed E-state index contributed by atoms with van der Waals surface area (Å²) >= 11 is 0. The molecule has 2 heterocycles. The second-order valence-electron chi connectivity index (χ2n) is 6.09. The van der Waals surface area contributed by atoms with Crippen LogP contribution in [0.2, 0.25) is 0 Å². The van der Waals surface area contributed by atoms with Crippen LogP contribution in [0.3, 0.4) is 0 Å². The Morgan fingerprint density at radius 2 is 1.62 bits per heavy atom. The lowest BCUT2D eigenvalue weighted by Crippen LogP contribution is -2.61. The third-order valence-corrected chi connectivity index (χ3v) is 6.93. The minimum Gasteiger partial charge on any atom is -0.376 e. The normalized spacial score (nSPS) is 37.1. The SMILES string of the molecule is CCO[Si]1(CN2CCN(C)CC2)OC(C)COCC(C)O1. The lowest BCUT2D eigenvalue weighted by molar-refractivity contribution is -0.0764. The van der Waals surface area contributed by atoms with Gasteiger partial charge in [0, 0.05) is 32.8 Å². The Balaban J connectivity index is 2.04. The number of hydrogen-bond acceptors (Lipinski definition) is 6. The lowest BCUT2D eigenvalue weighted by atomic mass is 10.4. The summed E-state index contributed by atoms with van der Waals surface area (Å²) in [6.45, 7) is 12.2. The summed E-state index contributed by atoms with van der Waals surface area (Å²) in [7, 11) is -0.509. The predicted octanol–water partition coefficient (Wildman–Crippen LogP) is 0.589. The van der Waals surface area contributed by atoms with Gasteiger partial charge in [-0.25, -0.2) is 0 Å². The molecule has 7 heteroatoms. The van der Waals surface area contributed by atoms with E-state index in [0.29, 0.717) is 19.8 Å². The summed E-state index contributed by atoms with van der Waals surface area (Å²) in [6.07, 6.45) is 0.815. The molecule has 124 valence electrons. The van der Waals surface area contributed by atoms with Crippen molar-refractivity contribution >= 4 is 8.80 Å². The van der Waals surface area contributed by atoms with Gasteiger partial charge in [-0.1, -0.05) is 0 Å². The molecule has 0 radical (unpaired) electrons. The van der Waals surface area contributed by atoms with Gasteiger partial charge in [-0.2, -0.15) is 0 Å². The van der Waals surface area contributed by atoms with E-state index in [1.807, 2.05) is 20.8 Å². The molecular weight excluding hydrogens is 288 g/mol. The third-order valence-electron chi connectivity index (χ3n) is 3.84.